The maximum atomic E-state index is 12.8. The maximum Gasteiger partial charge on any atom is 0.338 e. The number of hydrogen-bond donors (Lipinski definition) is 2. The molecule has 0 fully saturated rings. The lowest BCUT2D eigenvalue weighted by Crippen LogP contribution is -2.46. The lowest BCUT2D eigenvalue weighted by Gasteiger charge is -2.29. The van der Waals surface area contributed by atoms with Crippen molar-refractivity contribution in [1.82, 2.24) is 10.6 Å². The molecule has 0 aromatic heterocycles. The van der Waals surface area contributed by atoms with Crippen molar-refractivity contribution in [2.75, 3.05) is 19.2 Å². The third-order valence-electron chi connectivity index (χ3n) is 4.74. The highest BCUT2D eigenvalue weighted by Gasteiger charge is 2.34. The van der Waals surface area contributed by atoms with E-state index in [4.69, 9.17) is 14.2 Å². The number of fused-ring (bicyclic) bond motifs is 1. The van der Waals surface area contributed by atoms with E-state index in [1.165, 1.54) is 5.56 Å². The predicted molar refractivity (Wildman–Crippen MR) is 113 cm³/mol. The van der Waals surface area contributed by atoms with E-state index in [0.29, 0.717) is 28.5 Å². The number of rotatable bonds is 7. The van der Waals surface area contributed by atoms with Gasteiger partial charge in [-0.3, -0.25) is 0 Å². The van der Waals surface area contributed by atoms with Crippen LogP contribution in [0.2, 0.25) is 0 Å². The van der Waals surface area contributed by atoms with E-state index >= 15 is 0 Å². The average molecular weight is 426 g/mol. The Kier molecular flexibility index (Phi) is 6.13. The number of thioether (sulfide) groups is 1. The van der Waals surface area contributed by atoms with E-state index in [1.807, 2.05) is 36.4 Å². The van der Waals surface area contributed by atoms with Crippen molar-refractivity contribution in [1.29, 1.82) is 0 Å². The number of esters is 1. The van der Waals surface area contributed by atoms with Crippen LogP contribution in [0.4, 0.5) is 4.79 Å². The van der Waals surface area contributed by atoms with Gasteiger partial charge in [-0.05, 0) is 30.2 Å². The van der Waals surface area contributed by atoms with Gasteiger partial charge in [-0.1, -0.05) is 36.4 Å². The molecule has 0 spiro atoms. The minimum Gasteiger partial charge on any atom is -0.463 e. The normalized spacial score (nSPS) is 17.4. The van der Waals surface area contributed by atoms with Crippen molar-refractivity contribution < 1.29 is 23.8 Å². The third-order valence-corrected chi connectivity index (χ3v) is 5.77. The molecule has 2 aromatic carbocycles. The Bertz CT molecular complexity index is 977. The smallest absolute Gasteiger partial charge is 0.338 e. The first-order valence-electron chi connectivity index (χ1n) is 9.64. The van der Waals surface area contributed by atoms with Crippen molar-refractivity contribution in [3.05, 3.63) is 70.9 Å². The molecule has 2 N–H and O–H groups in total. The summed E-state index contributed by atoms with van der Waals surface area (Å²) in [5, 5.41) is 5.63. The second-order valence-corrected chi connectivity index (χ2v) is 7.72. The molecule has 2 aliphatic heterocycles. The Morgan fingerprint density at radius 1 is 1.13 bits per heavy atom. The largest absolute Gasteiger partial charge is 0.463 e. The van der Waals surface area contributed by atoms with Gasteiger partial charge in [0.2, 0.25) is 6.79 Å². The van der Waals surface area contributed by atoms with Gasteiger partial charge in [0.25, 0.3) is 0 Å². The molecule has 2 heterocycles. The molecule has 0 radical (unpaired) electrons. The number of amides is 2. The van der Waals surface area contributed by atoms with Crippen molar-refractivity contribution in [3.63, 3.8) is 0 Å². The summed E-state index contributed by atoms with van der Waals surface area (Å²) in [5.74, 6) is 2.00. The van der Waals surface area contributed by atoms with Gasteiger partial charge in [0.05, 0.1) is 18.2 Å². The van der Waals surface area contributed by atoms with Crippen molar-refractivity contribution >= 4 is 23.8 Å². The molecule has 1 atom stereocenters. The lowest BCUT2D eigenvalue weighted by molar-refractivity contribution is -0.139. The fourth-order valence-electron chi connectivity index (χ4n) is 3.37. The molecule has 0 saturated heterocycles. The van der Waals surface area contributed by atoms with Crippen molar-refractivity contribution in [3.8, 4) is 11.5 Å². The van der Waals surface area contributed by atoms with Crippen molar-refractivity contribution in [2.24, 2.45) is 0 Å². The third kappa shape index (κ3) is 4.38. The molecule has 0 bridgehead atoms. The first-order valence-corrected chi connectivity index (χ1v) is 10.8. The second-order valence-electron chi connectivity index (χ2n) is 6.74. The van der Waals surface area contributed by atoms with Gasteiger partial charge in [-0.15, -0.1) is 0 Å². The molecule has 30 heavy (non-hydrogen) atoms. The Labute approximate surface area is 178 Å². The van der Waals surface area contributed by atoms with Crippen LogP contribution in [-0.4, -0.2) is 31.2 Å². The van der Waals surface area contributed by atoms with Crippen LogP contribution in [0, 0.1) is 0 Å². The molecule has 156 valence electrons. The van der Waals surface area contributed by atoms with Crippen LogP contribution < -0.4 is 20.1 Å². The van der Waals surface area contributed by atoms with E-state index in [1.54, 1.807) is 30.8 Å². The number of carbonyl (C=O) groups excluding carboxylic acids is 2. The highest BCUT2D eigenvalue weighted by molar-refractivity contribution is 7.98. The summed E-state index contributed by atoms with van der Waals surface area (Å²) in [6.45, 7) is 2.15. The molecular weight excluding hydrogens is 404 g/mol. The summed E-state index contributed by atoms with van der Waals surface area (Å²) in [6.07, 6.45) is 0. The van der Waals surface area contributed by atoms with Crippen LogP contribution in [0.25, 0.3) is 0 Å². The molecule has 7 nitrogen and oxygen atoms in total. The summed E-state index contributed by atoms with van der Waals surface area (Å²) in [4.78, 5) is 25.2. The molecule has 0 saturated carbocycles. The average Bonchev–Trinajstić information content (AvgIpc) is 3.22. The second kappa shape index (κ2) is 9.13. The predicted octanol–water partition coefficient (Wildman–Crippen LogP) is 3.52. The van der Waals surface area contributed by atoms with Crippen LogP contribution in [-0.2, 0) is 15.3 Å². The molecule has 8 heteroatoms. The van der Waals surface area contributed by atoms with Gasteiger partial charge in [0, 0.05) is 17.2 Å². The summed E-state index contributed by atoms with van der Waals surface area (Å²) < 4.78 is 16.1. The standard InChI is InChI=1S/C22H22N2O5S/c1-2-27-21(25)19-16(12-30-11-14-6-4-3-5-7-14)23-22(26)24-20(19)15-8-9-17-18(10-15)29-13-28-17/h3-10,20H,2,11-13H2,1H3,(H2,23,24,26). The van der Waals surface area contributed by atoms with Gasteiger partial charge < -0.3 is 24.8 Å². The fourth-order valence-corrected chi connectivity index (χ4v) is 4.33. The lowest BCUT2D eigenvalue weighted by atomic mass is 9.95. The minimum atomic E-state index is -0.639. The minimum absolute atomic E-state index is 0.152. The molecule has 2 aromatic rings. The number of hydrogen-bond acceptors (Lipinski definition) is 6. The number of carbonyl (C=O) groups is 2. The van der Waals surface area contributed by atoms with Gasteiger partial charge in [-0.2, -0.15) is 11.8 Å². The van der Waals surface area contributed by atoms with E-state index in [9.17, 15) is 9.59 Å². The van der Waals surface area contributed by atoms with Crippen LogP contribution >= 0.6 is 11.8 Å². The van der Waals surface area contributed by atoms with Gasteiger partial charge in [0.1, 0.15) is 0 Å². The summed E-state index contributed by atoms with van der Waals surface area (Å²) in [7, 11) is 0. The number of benzene rings is 2. The Morgan fingerprint density at radius 3 is 2.73 bits per heavy atom. The van der Waals surface area contributed by atoms with E-state index in [2.05, 4.69) is 10.6 Å². The first-order chi connectivity index (χ1) is 14.7. The summed E-state index contributed by atoms with van der Waals surface area (Å²) >= 11 is 1.62. The number of ether oxygens (including phenoxy) is 3. The van der Waals surface area contributed by atoms with Crippen molar-refractivity contribution in [2.45, 2.75) is 18.7 Å². The molecule has 2 amide bonds. The molecule has 4 rings (SSSR count). The Hall–Kier alpha value is -3.13. The monoisotopic (exact) mass is 426 g/mol. The van der Waals surface area contributed by atoms with Crippen LogP contribution in [0.5, 0.6) is 11.5 Å². The summed E-state index contributed by atoms with van der Waals surface area (Å²) in [5.41, 5.74) is 2.85. The molecule has 2 aliphatic rings. The highest BCUT2D eigenvalue weighted by atomic mass is 32.2. The molecular formula is C22H22N2O5S. The first kappa shape index (κ1) is 20.2. The topological polar surface area (TPSA) is 85.9 Å². The van der Waals surface area contributed by atoms with E-state index < -0.39 is 12.0 Å². The number of urea groups is 1. The van der Waals surface area contributed by atoms with Gasteiger partial charge >= 0.3 is 12.0 Å². The highest BCUT2D eigenvalue weighted by Crippen LogP contribution is 2.37. The fraction of sp³-hybridized carbons (Fsp3) is 0.273. The SMILES string of the molecule is CCOC(=O)C1=C(CSCc2ccccc2)NC(=O)NC1c1ccc2c(c1)OCO2. The van der Waals surface area contributed by atoms with E-state index in [0.717, 1.165) is 11.3 Å². The zero-order valence-electron chi connectivity index (χ0n) is 16.5. The Balaban J connectivity index is 1.62. The molecule has 0 aliphatic carbocycles. The zero-order chi connectivity index (χ0) is 20.9. The number of nitrogens with one attached hydrogen (secondary N) is 2. The summed E-state index contributed by atoms with van der Waals surface area (Å²) in [6, 6.07) is 14.4. The molecule has 1 unspecified atom stereocenters. The Morgan fingerprint density at radius 2 is 1.93 bits per heavy atom. The maximum absolute atomic E-state index is 12.8. The van der Waals surface area contributed by atoms with Crippen LogP contribution in [0.1, 0.15) is 24.1 Å². The van der Waals surface area contributed by atoms with Gasteiger partial charge in [-0.25, -0.2) is 9.59 Å². The van der Waals surface area contributed by atoms with E-state index in [-0.39, 0.29) is 19.4 Å². The van der Waals surface area contributed by atoms with Gasteiger partial charge in [0.15, 0.2) is 11.5 Å². The zero-order valence-corrected chi connectivity index (χ0v) is 17.3. The van der Waals surface area contributed by atoms with Crippen LogP contribution in [0.3, 0.4) is 0 Å². The quantitative estimate of drug-likeness (QED) is 0.659. The van der Waals surface area contributed by atoms with Crippen LogP contribution in [0.15, 0.2) is 59.8 Å².